The number of hydrogen-bond donors (Lipinski definition) is 2. The Morgan fingerprint density at radius 1 is 1.67 bits per heavy atom. The number of nitrogens with one attached hydrogen (secondary N) is 1. The Balaban J connectivity index is 2.18. The molecule has 0 aliphatic heterocycles. The molecule has 0 aromatic carbocycles. The second-order valence-corrected chi connectivity index (χ2v) is 4.77. The largest absolute Gasteiger partial charge is 0.359 e. The average Bonchev–Trinajstić information content (AvgIpc) is 2.68. The Kier molecular flexibility index (Phi) is 2.65. The topological polar surface area (TPSA) is 58.9 Å². The lowest BCUT2D eigenvalue weighted by Crippen LogP contribution is -2.51. The first-order valence-electron chi connectivity index (χ1n) is 5.59. The van der Waals surface area contributed by atoms with Crippen molar-refractivity contribution in [2.45, 2.75) is 38.1 Å². The fourth-order valence-electron chi connectivity index (χ4n) is 2.54. The molecule has 3 N–H and O–H groups in total. The monoisotopic (exact) mass is 206 g/mol. The highest BCUT2D eigenvalue weighted by Crippen LogP contribution is 2.32. The Morgan fingerprint density at radius 3 is 3.07 bits per heavy atom. The lowest BCUT2D eigenvalue weighted by atomic mass is 9.74. The third-order valence-electron chi connectivity index (χ3n) is 3.33. The van der Waals surface area contributed by atoms with E-state index in [1.165, 1.54) is 6.42 Å². The standard InChI is InChI=1S/C12H18N2O/c1-9-4-2-6-12(13,8-9)11(15)10-5-3-7-14-10/h3,5,7,9,14H,2,4,6,8,13H2,1H3. The smallest absolute Gasteiger partial charge is 0.198 e. The van der Waals surface area contributed by atoms with Crippen molar-refractivity contribution in [1.82, 2.24) is 4.98 Å². The Hall–Kier alpha value is -1.09. The highest BCUT2D eigenvalue weighted by molar-refractivity contribution is 6.01. The minimum atomic E-state index is -0.636. The van der Waals surface area contributed by atoms with E-state index in [1.807, 2.05) is 6.07 Å². The molecule has 1 aromatic heterocycles. The molecule has 15 heavy (non-hydrogen) atoms. The predicted molar refractivity (Wildman–Crippen MR) is 59.7 cm³/mol. The number of ketones is 1. The summed E-state index contributed by atoms with van der Waals surface area (Å²) in [6.45, 7) is 2.17. The van der Waals surface area contributed by atoms with Gasteiger partial charge >= 0.3 is 0 Å². The van der Waals surface area contributed by atoms with E-state index in [9.17, 15) is 4.79 Å². The maximum absolute atomic E-state index is 12.2. The summed E-state index contributed by atoms with van der Waals surface area (Å²) in [6.07, 6.45) is 5.64. The van der Waals surface area contributed by atoms with E-state index < -0.39 is 5.54 Å². The third-order valence-corrected chi connectivity index (χ3v) is 3.33. The zero-order valence-corrected chi connectivity index (χ0v) is 9.12. The number of carbonyl (C=O) groups is 1. The molecule has 3 nitrogen and oxygen atoms in total. The Labute approximate surface area is 90.1 Å². The average molecular weight is 206 g/mol. The van der Waals surface area contributed by atoms with Crippen molar-refractivity contribution in [3.8, 4) is 0 Å². The molecular formula is C12H18N2O. The van der Waals surface area contributed by atoms with Crippen LogP contribution in [0.5, 0.6) is 0 Å². The van der Waals surface area contributed by atoms with E-state index >= 15 is 0 Å². The van der Waals surface area contributed by atoms with Gasteiger partial charge in [0.25, 0.3) is 0 Å². The van der Waals surface area contributed by atoms with Gasteiger partial charge in [0, 0.05) is 6.20 Å². The van der Waals surface area contributed by atoms with Gasteiger partial charge in [-0.25, -0.2) is 0 Å². The van der Waals surface area contributed by atoms with Crippen LogP contribution < -0.4 is 5.73 Å². The number of aromatic nitrogens is 1. The van der Waals surface area contributed by atoms with Gasteiger partial charge in [-0.1, -0.05) is 19.8 Å². The van der Waals surface area contributed by atoms with Gasteiger partial charge in [-0.15, -0.1) is 0 Å². The fourth-order valence-corrected chi connectivity index (χ4v) is 2.54. The van der Waals surface area contributed by atoms with Gasteiger partial charge in [0.15, 0.2) is 5.78 Å². The molecule has 1 aliphatic rings. The first kappa shape index (κ1) is 10.4. The van der Waals surface area contributed by atoms with Crippen LogP contribution in [0, 0.1) is 5.92 Å². The van der Waals surface area contributed by atoms with Gasteiger partial charge < -0.3 is 10.7 Å². The maximum atomic E-state index is 12.2. The van der Waals surface area contributed by atoms with Crippen LogP contribution in [0.15, 0.2) is 18.3 Å². The Bertz CT molecular complexity index is 345. The molecule has 1 fully saturated rings. The van der Waals surface area contributed by atoms with Crippen molar-refractivity contribution >= 4 is 5.78 Å². The molecule has 0 amide bonds. The summed E-state index contributed by atoms with van der Waals surface area (Å²) in [5.41, 5.74) is 6.22. The highest BCUT2D eigenvalue weighted by atomic mass is 16.1. The number of hydrogen-bond acceptors (Lipinski definition) is 2. The minimum Gasteiger partial charge on any atom is -0.359 e. The molecule has 2 rings (SSSR count). The zero-order chi connectivity index (χ0) is 10.9. The molecule has 0 saturated heterocycles. The van der Waals surface area contributed by atoms with Gasteiger partial charge in [-0.05, 0) is 30.9 Å². The Morgan fingerprint density at radius 2 is 2.47 bits per heavy atom. The summed E-state index contributed by atoms with van der Waals surface area (Å²) < 4.78 is 0. The zero-order valence-electron chi connectivity index (χ0n) is 9.12. The van der Waals surface area contributed by atoms with E-state index in [0.717, 1.165) is 19.3 Å². The van der Waals surface area contributed by atoms with Crippen LogP contribution in [0.25, 0.3) is 0 Å². The molecule has 1 aromatic rings. The van der Waals surface area contributed by atoms with Gasteiger partial charge in [0.1, 0.15) is 0 Å². The summed E-state index contributed by atoms with van der Waals surface area (Å²) in [5, 5.41) is 0. The van der Waals surface area contributed by atoms with Crippen molar-refractivity contribution in [3.63, 3.8) is 0 Å². The molecule has 82 valence electrons. The molecule has 2 unspecified atom stereocenters. The normalized spacial score (nSPS) is 31.5. The van der Waals surface area contributed by atoms with Crippen molar-refractivity contribution in [2.24, 2.45) is 11.7 Å². The van der Waals surface area contributed by atoms with Crippen LogP contribution in [0.2, 0.25) is 0 Å². The summed E-state index contributed by atoms with van der Waals surface area (Å²) in [6, 6.07) is 3.64. The lowest BCUT2D eigenvalue weighted by Gasteiger charge is -2.35. The van der Waals surface area contributed by atoms with E-state index in [1.54, 1.807) is 12.3 Å². The maximum Gasteiger partial charge on any atom is 0.198 e. The minimum absolute atomic E-state index is 0.0686. The van der Waals surface area contributed by atoms with Crippen LogP contribution in [0.4, 0.5) is 0 Å². The van der Waals surface area contributed by atoms with Crippen molar-refractivity contribution in [3.05, 3.63) is 24.0 Å². The van der Waals surface area contributed by atoms with Crippen LogP contribution in [-0.2, 0) is 0 Å². The first-order chi connectivity index (χ1) is 7.12. The number of aromatic amines is 1. The molecular weight excluding hydrogens is 188 g/mol. The van der Waals surface area contributed by atoms with E-state index in [0.29, 0.717) is 11.6 Å². The number of Topliss-reactive ketones (excluding diaryl/α,β-unsaturated/α-hetero) is 1. The molecule has 2 atom stereocenters. The summed E-state index contributed by atoms with van der Waals surface area (Å²) >= 11 is 0. The van der Waals surface area contributed by atoms with Gasteiger partial charge in [0.2, 0.25) is 0 Å². The molecule has 3 heteroatoms. The second kappa shape index (κ2) is 3.81. The molecule has 0 spiro atoms. The molecule has 0 bridgehead atoms. The first-order valence-corrected chi connectivity index (χ1v) is 5.59. The van der Waals surface area contributed by atoms with Crippen molar-refractivity contribution in [1.29, 1.82) is 0 Å². The lowest BCUT2D eigenvalue weighted by molar-refractivity contribution is 0.0815. The number of rotatable bonds is 2. The summed E-state index contributed by atoms with van der Waals surface area (Å²) in [4.78, 5) is 15.1. The summed E-state index contributed by atoms with van der Waals surface area (Å²) in [7, 11) is 0. The van der Waals surface area contributed by atoms with Crippen molar-refractivity contribution < 1.29 is 4.79 Å². The predicted octanol–water partition coefficient (Wildman–Crippen LogP) is 2.10. The van der Waals surface area contributed by atoms with Crippen molar-refractivity contribution in [2.75, 3.05) is 0 Å². The van der Waals surface area contributed by atoms with Crippen LogP contribution in [-0.4, -0.2) is 16.3 Å². The molecule has 1 saturated carbocycles. The van der Waals surface area contributed by atoms with Gasteiger partial charge in [-0.3, -0.25) is 4.79 Å². The van der Waals surface area contributed by atoms with E-state index in [-0.39, 0.29) is 5.78 Å². The van der Waals surface area contributed by atoms with Gasteiger partial charge in [0.05, 0.1) is 11.2 Å². The second-order valence-electron chi connectivity index (χ2n) is 4.77. The quantitative estimate of drug-likeness (QED) is 0.728. The van der Waals surface area contributed by atoms with Gasteiger partial charge in [-0.2, -0.15) is 0 Å². The number of carbonyl (C=O) groups excluding carboxylic acids is 1. The van der Waals surface area contributed by atoms with E-state index in [4.69, 9.17) is 5.73 Å². The fraction of sp³-hybridized carbons (Fsp3) is 0.583. The van der Waals surface area contributed by atoms with Crippen LogP contribution in [0.3, 0.4) is 0 Å². The summed E-state index contributed by atoms with van der Waals surface area (Å²) in [5.74, 6) is 0.627. The van der Waals surface area contributed by atoms with E-state index in [2.05, 4.69) is 11.9 Å². The van der Waals surface area contributed by atoms with Crippen LogP contribution in [0.1, 0.15) is 43.1 Å². The van der Waals surface area contributed by atoms with Crippen LogP contribution >= 0.6 is 0 Å². The number of H-pyrrole nitrogens is 1. The highest BCUT2D eigenvalue weighted by Gasteiger charge is 2.38. The number of nitrogens with two attached hydrogens (primary N) is 1. The SMILES string of the molecule is CC1CCCC(N)(C(=O)c2ccc[nH]2)C1. The third kappa shape index (κ3) is 1.97. The molecule has 1 aliphatic carbocycles. The molecule has 1 heterocycles. The molecule has 0 radical (unpaired) electrons.